The summed E-state index contributed by atoms with van der Waals surface area (Å²) in [4.78, 5) is 2.61. The van der Waals surface area contributed by atoms with Crippen LogP contribution in [0.15, 0.2) is 102 Å². The molecule has 0 amide bonds. The summed E-state index contributed by atoms with van der Waals surface area (Å²) in [6, 6.07) is 34.6. The number of hydrogen-bond donors (Lipinski definition) is 0. The molecule has 0 spiro atoms. The van der Waals surface area contributed by atoms with E-state index in [4.69, 9.17) is 0 Å². The Bertz CT molecular complexity index is 737. The van der Waals surface area contributed by atoms with Gasteiger partial charge in [0.2, 0.25) is 0 Å². The molecule has 0 bridgehead atoms. The Morgan fingerprint density at radius 3 is 1.27 bits per heavy atom. The summed E-state index contributed by atoms with van der Waals surface area (Å²) >= 11 is -2.64. The normalized spacial score (nSPS) is 12.4. The molecule has 0 fully saturated rings. The Labute approximate surface area is 162 Å². The van der Waals surface area contributed by atoms with E-state index in [0.29, 0.717) is 0 Å². The summed E-state index contributed by atoms with van der Waals surface area (Å²) in [5.74, 6) is 0. The van der Waals surface area contributed by atoms with Crippen molar-refractivity contribution in [3.63, 3.8) is 0 Å². The predicted octanol–water partition coefficient (Wildman–Crippen LogP) is 4.59. The Morgan fingerprint density at radius 2 is 0.962 bits per heavy atom. The molecule has 2 heteroatoms. The van der Waals surface area contributed by atoms with Crippen LogP contribution in [0.3, 0.4) is 0 Å². The van der Waals surface area contributed by atoms with Crippen LogP contribution in [0.5, 0.6) is 0 Å². The number of allylic oxidation sites excluding steroid dienone is 1. The molecule has 132 valence electrons. The van der Waals surface area contributed by atoms with Crippen molar-refractivity contribution in [2.75, 3.05) is 0 Å². The first kappa shape index (κ1) is 19.0. The zero-order chi connectivity index (χ0) is 18.5. The van der Waals surface area contributed by atoms with Crippen molar-refractivity contribution in [1.82, 2.24) is 0 Å². The van der Waals surface area contributed by atoms with Crippen LogP contribution in [-0.2, 0) is 0 Å². The van der Waals surface area contributed by atoms with Gasteiger partial charge in [0, 0.05) is 0 Å². The molecule has 3 aromatic carbocycles. The van der Waals surface area contributed by atoms with Gasteiger partial charge in [-0.2, -0.15) is 0 Å². The van der Waals surface area contributed by atoms with Crippen LogP contribution in [-0.4, -0.2) is 21.6 Å². The zero-order valence-electron chi connectivity index (χ0n) is 16.0. The molecule has 0 nitrogen and oxygen atoms in total. The van der Waals surface area contributed by atoms with E-state index in [1.807, 2.05) is 0 Å². The third kappa shape index (κ3) is 4.28. The van der Waals surface area contributed by atoms with Gasteiger partial charge in [0.15, 0.2) is 0 Å². The van der Waals surface area contributed by atoms with Gasteiger partial charge in [0.1, 0.15) is 0 Å². The molecule has 0 aromatic heterocycles. The fourth-order valence-electron chi connectivity index (χ4n) is 3.26. The Morgan fingerprint density at radius 1 is 0.615 bits per heavy atom. The van der Waals surface area contributed by atoms with Gasteiger partial charge in [-0.15, -0.1) is 0 Å². The van der Waals surface area contributed by atoms with Gasteiger partial charge in [-0.3, -0.25) is 0 Å². The monoisotopic (exact) mass is 419 g/mol. The zero-order valence-corrected chi connectivity index (χ0v) is 18.8. The molecule has 0 aliphatic carbocycles. The molecule has 3 rings (SSSR count). The first-order valence-corrected chi connectivity index (χ1v) is 16.9. The molecule has 0 atom stereocenters. The van der Waals surface area contributed by atoms with Crippen molar-refractivity contribution < 1.29 is 0 Å². The van der Waals surface area contributed by atoms with Gasteiger partial charge in [0.25, 0.3) is 0 Å². The third-order valence-electron chi connectivity index (χ3n) is 4.55. The second-order valence-corrected chi connectivity index (χ2v) is 20.3. The van der Waals surface area contributed by atoms with E-state index in [2.05, 4.69) is 122 Å². The van der Waals surface area contributed by atoms with E-state index in [9.17, 15) is 0 Å². The van der Waals surface area contributed by atoms with E-state index < -0.39 is 21.6 Å². The summed E-state index contributed by atoms with van der Waals surface area (Å²) in [5, 5.41) is 0. The second kappa shape index (κ2) is 8.25. The maximum atomic E-state index is 2.61. The summed E-state index contributed by atoms with van der Waals surface area (Å²) in [6.07, 6.45) is 2.49. The SMILES string of the molecule is C[Si](C)(C)C/C=C/[As+](c1ccccc1)(c1ccccc1)c1ccccc1. The van der Waals surface area contributed by atoms with Gasteiger partial charge in [-0.05, 0) is 0 Å². The average molecular weight is 419 g/mol. The molecule has 0 aliphatic heterocycles. The van der Waals surface area contributed by atoms with E-state index >= 15 is 0 Å². The quantitative estimate of drug-likeness (QED) is 0.513. The maximum absolute atomic E-state index is 2.64. The number of rotatable bonds is 6. The summed E-state index contributed by atoms with van der Waals surface area (Å²) < 4.78 is 4.44. The minimum atomic E-state index is -2.64. The second-order valence-electron chi connectivity index (χ2n) is 7.88. The van der Waals surface area contributed by atoms with Gasteiger partial charge in [-0.1, -0.05) is 0 Å². The standard InChI is InChI=1S/C24H28AsSi/c1-26(2,3)21-13-20-25(22-14-7-4-8-15-22,23-16-9-5-10-17-23)24-18-11-6-12-19-24/h4-20H,21H2,1-3H3/q+1/b20-13+. The van der Waals surface area contributed by atoms with E-state index in [-0.39, 0.29) is 0 Å². The minimum absolute atomic E-state index is 1.12. The van der Waals surface area contributed by atoms with Crippen molar-refractivity contribution in [3.8, 4) is 0 Å². The molecule has 0 heterocycles. The van der Waals surface area contributed by atoms with E-state index in [1.54, 1.807) is 0 Å². The van der Waals surface area contributed by atoms with E-state index in [0.717, 1.165) is 0 Å². The molecule has 3 aromatic rings. The van der Waals surface area contributed by atoms with Crippen molar-refractivity contribution in [2.45, 2.75) is 25.7 Å². The van der Waals surface area contributed by atoms with Crippen molar-refractivity contribution in [1.29, 1.82) is 0 Å². The molecule has 26 heavy (non-hydrogen) atoms. The number of benzene rings is 3. The molecular formula is C24H28AsSi+. The van der Waals surface area contributed by atoms with Gasteiger partial charge in [-0.25, -0.2) is 0 Å². The fraction of sp³-hybridized carbons (Fsp3) is 0.167. The molecule has 0 unspecified atom stereocenters. The Balaban J connectivity index is 2.25. The van der Waals surface area contributed by atoms with Crippen LogP contribution in [0.2, 0.25) is 25.7 Å². The van der Waals surface area contributed by atoms with Crippen LogP contribution < -0.4 is 13.1 Å². The molecule has 0 radical (unpaired) electrons. The van der Waals surface area contributed by atoms with Gasteiger partial charge >= 0.3 is 162 Å². The molecular weight excluding hydrogens is 391 g/mol. The molecule has 0 N–H and O–H groups in total. The van der Waals surface area contributed by atoms with E-state index in [1.165, 1.54) is 19.1 Å². The van der Waals surface area contributed by atoms with Gasteiger partial charge in [0.05, 0.1) is 0 Å². The van der Waals surface area contributed by atoms with Crippen molar-refractivity contribution in [2.24, 2.45) is 0 Å². The number of hydrogen-bond acceptors (Lipinski definition) is 0. The molecule has 0 aliphatic rings. The fourth-order valence-corrected chi connectivity index (χ4v) is 12.4. The summed E-state index contributed by atoms with van der Waals surface area (Å²) in [7, 11) is -1.12. The Kier molecular flexibility index (Phi) is 6.01. The average Bonchev–Trinajstić information content (AvgIpc) is 2.67. The van der Waals surface area contributed by atoms with Crippen LogP contribution in [0.1, 0.15) is 0 Å². The summed E-state index contributed by atoms with van der Waals surface area (Å²) in [5.41, 5.74) is 0. The first-order valence-electron chi connectivity index (χ1n) is 9.26. The van der Waals surface area contributed by atoms with Crippen LogP contribution >= 0.6 is 0 Å². The van der Waals surface area contributed by atoms with Gasteiger partial charge < -0.3 is 0 Å². The predicted molar refractivity (Wildman–Crippen MR) is 121 cm³/mol. The van der Waals surface area contributed by atoms with Crippen LogP contribution in [0.25, 0.3) is 0 Å². The topological polar surface area (TPSA) is 0 Å². The van der Waals surface area contributed by atoms with Crippen molar-refractivity contribution in [3.05, 3.63) is 102 Å². The summed E-state index contributed by atoms with van der Waals surface area (Å²) in [6.45, 7) is 7.33. The van der Waals surface area contributed by atoms with Crippen LogP contribution in [0, 0.1) is 0 Å². The van der Waals surface area contributed by atoms with Crippen LogP contribution in [0.4, 0.5) is 0 Å². The molecule has 0 saturated carbocycles. The Hall–Kier alpha value is -1.82. The first-order chi connectivity index (χ1) is 12.5. The third-order valence-corrected chi connectivity index (χ3v) is 14.4. The molecule has 0 saturated heterocycles. The van der Waals surface area contributed by atoms with Crippen molar-refractivity contribution >= 4 is 34.7 Å².